The monoisotopic (exact) mass is 472 g/mol. The first-order valence-electron chi connectivity index (χ1n) is 9.77. The Labute approximate surface area is 195 Å². The number of aryl methyl sites for hydroxylation is 1. The molecule has 2 aromatic carbocycles. The number of carbonyl (C=O) groups is 2. The van der Waals surface area contributed by atoms with Crippen LogP contribution >= 0.6 is 23.1 Å². The predicted molar refractivity (Wildman–Crippen MR) is 126 cm³/mol. The van der Waals surface area contributed by atoms with Gasteiger partial charge in [0.1, 0.15) is 15.8 Å². The van der Waals surface area contributed by atoms with Gasteiger partial charge in [0.2, 0.25) is 0 Å². The van der Waals surface area contributed by atoms with Crippen molar-refractivity contribution in [1.29, 1.82) is 0 Å². The summed E-state index contributed by atoms with van der Waals surface area (Å²) in [5, 5.41) is 4.71. The van der Waals surface area contributed by atoms with E-state index in [0.29, 0.717) is 28.5 Å². The third-order valence-corrected chi connectivity index (χ3v) is 6.65. The fraction of sp³-hybridized carbons (Fsp3) is 0.261. The molecule has 32 heavy (non-hydrogen) atoms. The van der Waals surface area contributed by atoms with Gasteiger partial charge < -0.3 is 19.5 Å². The maximum Gasteiger partial charge on any atom is 0.339 e. The quantitative estimate of drug-likeness (QED) is 0.348. The van der Waals surface area contributed by atoms with Gasteiger partial charge in [-0.3, -0.25) is 4.79 Å². The van der Waals surface area contributed by atoms with E-state index >= 15 is 0 Å². The average Bonchev–Trinajstić information content (AvgIpc) is 3.22. The maximum absolute atomic E-state index is 12.8. The summed E-state index contributed by atoms with van der Waals surface area (Å²) >= 11 is 3.12. The summed E-state index contributed by atoms with van der Waals surface area (Å²) in [5.41, 5.74) is 2.69. The highest BCUT2D eigenvalue weighted by Gasteiger charge is 2.21. The van der Waals surface area contributed by atoms with E-state index in [1.807, 2.05) is 24.4 Å². The molecule has 1 aromatic heterocycles. The average molecular weight is 473 g/mol. The van der Waals surface area contributed by atoms with Crippen molar-refractivity contribution in [2.24, 2.45) is 0 Å². The lowest BCUT2D eigenvalue weighted by atomic mass is 10.1. The third kappa shape index (κ3) is 6.24. The minimum atomic E-state index is -0.998. The zero-order valence-corrected chi connectivity index (χ0v) is 19.8. The van der Waals surface area contributed by atoms with Crippen molar-refractivity contribution in [3.05, 3.63) is 64.7 Å². The van der Waals surface area contributed by atoms with Gasteiger partial charge in [-0.25, -0.2) is 9.78 Å². The number of esters is 1. The summed E-state index contributed by atoms with van der Waals surface area (Å²) in [4.78, 5) is 29.8. The molecule has 0 fully saturated rings. The van der Waals surface area contributed by atoms with Gasteiger partial charge in [0.15, 0.2) is 6.10 Å². The normalized spacial score (nSPS) is 11.5. The van der Waals surface area contributed by atoms with Crippen molar-refractivity contribution >= 4 is 40.7 Å². The minimum absolute atomic E-state index is 0.427. The number of nitrogens with zero attached hydrogens (tertiary/aromatic N) is 1. The summed E-state index contributed by atoms with van der Waals surface area (Å²) < 4.78 is 16.8. The first-order chi connectivity index (χ1) is 15.4. The number of amides is 1. The number of aromatic nitrogens is 1. The topological polar surface area (TPSA) is 86.8 Å². The summed E-state index contributed by atoms with van der Waals surface area (Å²) in [6.07, 6.45) is -0.998. The summed E-state index contributed by atoms with van der Waals surface area (Å²) in [5.74, 6) is 0.626. The van der Waals surface area contributed by atoms with Crippen LogP contribution in [0.25, 0.3) is 0 Å². The Morgan fingerprint density at radius 3 is 2.44 bits per heavy atom. The standard InChI is InChI=1S/C23H24N2O5S2/c1-14-12-31-23(24-14)32-13-16-7-5-6-8-20(16)22(27)30-15(2)21(26)25-17-9-18(28-3)11-19(10-17)29-4/h5-12,15H,13H2,1-4H3,(H,25,26). The van der Waals surface area contributed by atoms with E-state index in [2.05, 4.69) is 10.3 Å². The van der Waals surface area contributed by atoms with Crippen molar-refractivity contribution in [2.75, 3.05) is 19.5 Å². The van der Waals surface area contributed by atoms with Gasteiger partial charge in [-0.2, -0.15) is 0 Å². The summed E-state index contributed by atoms with van der Waals surface area (Å²) in [7, 11) is 3.05. The number of ether oxygens (including phenoxy) is 3. The molecule has 0 radical (unpaired) electrons. The molecule has 168 valence electrons. The molecule has 1 atom stereocenters. The van der Waals surface area contributed by atoms with E-state index in [1.54, 1.807) is 53.4 Å². The van der Waals surface area contributed by atoms with E-state index in [9.17, 15) is 9.59 Å². The number of nitrogens with one attached hydrogen (secondary N) is 1. The fourth-order valence-electron chi connectivity index (χ4n) is 2.78. The maximum atomic E-state index is 12.8. The molecule has 0 spiro atoms. The van der Waals surface area contributed by atoms with Crippen LogP contribution in [0.1, 0.15) is 28.5 Å². The van der Waals surface area contributed by atoms with E-state index in [0.717, 1.165) is 15.6 Å². The minimum Gasteiger partial charge on any atom is -0.497 e. The molecule has 0 saturated heterocycles. The molecule has 1 amide bonds. The number of rotatable bonds is 9. The van der Waals surface area contributed by atoms with E-state index < -0.39 is 18.0 Å². The molecular weight excluding hydrogens is 448 g/mol. The Hall–Kier alpha value is -3.04. The summed E-state index contributed by atoms with van der Waals surface area (Å²) in [6.45, 7) is 3.47. The lowest BCUT2D eigenvalue weighted by molar-refractivity contribution is -0.123. The second kappa shape index (κ2) is 11.0. The number of methoxy groups -OCH3 is 2. The Balaban J connectivity index is 1.64. The molecule has 0 aliphatic rings. The molecule has 0 aliphatic heterocycles. The lowest BCUT2D eigenvalue weighted by Gasteiger charge is -2.16. The highest BCUT2D eigenvalue weighted by Crippen LogP contribution is 2.28. The Morgan fingerprint density at radius 2 is 1.81 bits per heavy atom. The molecule has 3 aromatic rings. The van der Waals surface area contributed by atoms with Gasteiger partial charge in [0.05, 0.1) is 19.8 Å². The van der Waals surface area contributed by atoms with E-state index in [1.165, 1.54) is 21.1 Å². The van der Waals surface area contributed by atoms with Gasteiger partial charge in [0, 0.05) is 40.7 Å². The zero-order valence-electron chi connectivity index (χ0n) is 18.2. The third-order valence-electron chi connectivity index (χ3n) is 4.46. The highest BCUT2D eigenvalue weighted by atomic mass is 32.2. The molecule has 7 nitrogen and oxygen atoms in total. The van der Waals surface area contributed by atoms with Crippen LogP contribution in [0.15, 0.2) is 52.2 Å². The van der Waals surface area contributed by atoms with Crippen molar-refractivity contribution in [3.8, 4) is 11.5 Å². The molecule has 0 saturated carbocycles. The van der Waals surface area contributed by atoms with Crippen LogP contribution < -0.4 is 14.8 Å². The van der Waals surface area contributed by atoms with Crippen molar-refractivity contribution < 1.29 is 23.8 Å². The molecule has 1 N–H and O–H groups in total. The van der Waals surface area contributed by atoms with Crippen molar-refractivity contribution in [3.63, 3.8) is 0 Å². The van der Waals surface area contributed by atoms with Crippen LogP contribution in [-0.2, 0) is 15.3 Å². The van der Waals surface area contributed by atoms with E-state index in [4.69, 9.17) is 14.2 Å². The molecule has 0 aliphatic carbocycles. The van der Waals surface area contributed by atoms with Crippen LogP contribution in [0.2, 0.25) is 0 Å². The van der Waals surface area contributed by atoms with Crippen molar-refractivity contribution in [1.82, 2.24) is 4.98 Å². The van der Waals surface area contributed by atoms with Crippen molar-refractivity contribution in [2.45, 2.75) is 30.0 Å². The Morgan fingerprint density at radius 1 is 1.12 bits per heavy atom. The first kappa shape index (κ1) is 23.6. The SMILES string of the molecule is COc1cc(NC(=O)C(C)OC(=O)c2ccccc2CSc2nc(C)cs2)cc(OC)c1. The number of thioether (sulfide) groups is 1. The first-order valence-corrected chi connectivity index (χ1v) is 11.6. The largest absolute Gasteiger partial charge is 0.497 e. The van der Waals surface area contributed by atoms with Gasteiger partial charge in [-0.15, -0.1) is 11.3 Å². The number of hydrogen-bond donors (Lipinski definition) is 1. The second-order valence-corrected chi connectivity index (χ2v) is 8.92. The lowest BCUT2D eigenvalue weighted by Crippen LogP contribution is -2.30. The van der Waals surface area contributed by atoms with Gasteiger partial charge >= 0.3 is 5.97 Å². The molecule has 1 heterocycles. The van der Waals surface area contributed by atoms with Gasteiger partial charge in [-0.1, -0.05) is 30.0 Å². The van der Waals surface area contributed by atoms with Crippen LogP contribution in [-0.4, -0.2) is 37.2 Å². The molecule has 1 unspecified atom stereocenters. The predicted octanol–water partition coefficient (Wildman–Crippen LogP) is 4.95. The molecule has 9 heteroatoms. The van der Waals surface area contributed by atoms with Crippen LogP contribution in [0, 0.1) is 6.92 Å². The summed E-state index contributed by atoms with van der Waals surface area (Å²) in [6, 6.07) is 12.2. The number of thiazole rings is 1. The molecule has 0 bridgehead atoms. The number of anilines is 1. The highest BCUT2D eigenvalue weighted by molar-refractivity contribution is 8.00. The smallest absolute Gasteiger partial charge is 0.339 e. The zero-order chi connectivity index (χ0) is 23.1. The van der Waals surface area contributed by atoms with Crippen LogP contribution in [0.4, 0.5) is 5.69 Å². The van der Waals surface area contributed by atoms with Crippen LogP contribution in [0.3, 0.4) is 0 Å². The molecular formula is C23H24N2O5S2. The Kier molecular flexibility index (Phi) is 8.13. The molecule has 3 rings (SSSR count). The number of benzene rings is 2. The van der Waals surface area contributed by atoms with Gasteiger partial charge in [-0.05, 0) is 25.5 Å². The number of hydrogen-bond acceptors (Lipinski definition) is 8. The van der Waals surface area contributed by atoms with Crippen LogP contribution in [0.5, 0.6) is 11.5 Å². The van der Waals surface area contributed by atoms with Gasteiger partial charge in [0.25, 0.3) is 5.91 Å². The fourth-order valence-corrected chi connectivity index (χ4v) is 4.64. The van der Waals surface area contributed by atoms with E-state index in [-0.39, 0.29) is 0 Å². The Bertz CT molecular complexity index is 1080. The number of carbonyl (C=O) groups excluding carboxylic acids is 2. The second-order valence-electron chi connectivity index (χ2n) is 6.84.